The zero-order valence-electron chi connectivity index (χ0n) is 17.8. The van der Waals surface area contributed by atoms with E-state index in [2.05, 4.69) is 20.4 Å². The SMILES string of the molecule is Cc1cc2[nH]c(=O)oc2cc1Nc1ncc2ccc(-c3ccccc3CN(C)S(=O)O)n2n1. The molecule has 168 valence electrons. The van der Waals surface area contributed by atoms with E-state index in [0.29, 0.717) is 29.3 Å². The number of aromatic nitrogens is 4. The van der Waals surface area contributed by atoms with E-state index >= 15 is 0 Å². The van der Waals surface area contributed by atoms with Crippen molar-refractivity contribution >= 4 is 39.5 Å². The number of aromatic amines is 1. The molecule has 10 nitrogen and oxygen atoms in total. The van der Waals surface area contributed by atoms with Gasteiger partial charge in [-0.2, -0.15) is 4.31 Å². The van der Waals surface area contributed by atoms with Gasteiger partial charge in [0.15, 0.2) is 5.58 Å². The molecule has 0 bridgehead atoms. The van der Waals surface area contributed by atoms with Crippen LogP contribution in [0.15, 0.2) is 63.9 Å². The van der Waals surface area contributed by atoms with Gasteiger partial charge < -0.3 is 9.73 Å². The van der Waals surface area contributed by atoms with Gasteiger partial charge >= 0.3 is 5.76 Å². The molecular formula is C22H20N6O4S. The first-order valence-corrected chi connectivity index (χ1v) is 11.1. The topological polar surface area (TPSA) is 129 Å². The fraction of sp³-hybridized carbons (Fsp3) is 0.136. The quantitative estimate of drug-likeness (QED) is 0.328. The Hall–Kier alpha value is -3.80. The van der Waals surface area contributed by atoms with Crippen molar-refractivity contribution in [3.8, 4) is 11.3 Å². The first-order chi connectivity index (χ1) is 15.9. The van der Waals surface area contributed by atoms with Crippen LogP contribution in [-0.2, 0) is 17.8 Å². The lowest BCUT2D eigenvalue weighted by Crippen LogP contribution is -2.20. The van der Waals surface area contributed by atoms with Gasteiger partial charge in [0.2, 0.25) is 17.2 Å². The number of nitrogens with one attached hydrogen (secondary N) is 2. The van der Waals surface area contributed by atoms with Crippen molar-refractivity contribution in [3.05, 3.63) is 76.4 Å². The summed E-state index contributed by atoms with van der Waals surface area (Å²) in [5.74, 6) is -0.142. The Bertz CT molecular complexity index is 1570. The molecule has 2 aromatic carbocycles. The summed E-state index contributed by atoms with van der Waals surface area (Å²) in [5, 5.41) is 7.86. The molecule has 5 rings (SSSR count). The minimum atomic E-state index is -2.07. The predicted molar refractivity (Wildman–Crippen MR) is 126 cm³/mol. The van der Waals surface area contributed by atoms with Crippen molar-refractivity contribution in [2.75, 3.05) is 12.4 Å². The van der Waals surface area contributed by atoms with Gasteiger partial charge in [-0.15, -0.1) is 5.10 Å². The Kier molecular flexibility index (Phi) is 5.29. The first kappa shape index (κ1) is 21.1. The van der Waals surface area contributed by atoms with E-state index in [-0.39, 0.29) is 0 Å². The molecule has 0 fully saturated rings. The van der Waals surface area contributed by atoms with Crippen molar-refractivity contribution in [2.24, 2.45) is 0 Å². The van der Waals surface area contributed by atoms with Crippen molar-refractivity contribution in [3.63, 3.8) is 0 Å². The summed E-state index contributed by atoms with van der Waals surface area (Å²) in [6.45, 7) is 2.20. The number of hydrogen-bond donors (Lipinski definition) is 3. The van der Waals surface area contributed by atoms with E-state index in [4.69, 9.17) is 4.42 Å². The molecule has 0 radical (unpaired) electrons. The van der Waals surface area contributed by atoms with Crippen LogP contribution in [-0.4, -0.2) is 39.7 Å². The van der Waals surface area contributed by atoms with Gasteiger partial charge in [-0.3, -0.25) is 9.54 Å². The summed E-state index contributed by atoms with van der Waals surface area (Å²) >= 11 is -2.07. The number of H-pyrrole nitrogens is 1. The maximum Gasteiger partial charge on any atom is 0.417 e. The average molecular weight is 465 g/mol. The summed E-state index contributed by atoms with van der Waals surface area (Å²) in [4.78, 5) is 18.5. The molecule has 0 saturated carbocycles. The molecule has 33 heavy (non-hydrogen) atoms. The lowest BCUT2D eigenvalue weighted by Gasteiger charge is -2.15. The number of nitrogens with zero attached hydrogens (tertiary/aromatic N) is 4. The highest BCUT2D eigenvalue weighted by molar-refractivity contribution is 7.76. The van der Waals surface area contributed by atoms with E-state index < -0.39 is 17.0 Å². The smallest absolute Gasteiger partial charge is 0.408 e. The summed E-state index contributed by atoms with van der Waals surface area (Å²) in [6, 6.07) is 15.1. The van der Waals surface area contributed by atoms with Gasteiger partial charge in [-0.1, -0.05) is 24.3 Å². The number of anilines is 2. The summed E-state index contributed by atoms with van der Waals surface area (Å²) < 4.78 is 29.1. The Morgan fingerprint density at radius 3 is 2.88 bits per heavy atom. The monoisotopic (exact) mass is 464 g/mol. The van der Waals surface area contributed by atoms with Crippen molar-refractivity contribution in [1.82, 2.24) is 23.9 Å². The lowest BCUT2D eigenvalue weighted by molar-refractivity contribution is 0.445. The standard InChI is InChI=1S/C22H20N6O4S/c1-13-9-18-20(32-22(29)25-18)10-17(13)24-21-23-11-15-7-8-19(28(15)26-21)16-6-4-3-5-14(16)12-27(2)33(30)31/h3-11H,12H2,1-2H3,(H,24,26)(H,25,29)(H,30,31). The van der Waals surface area contributed by atoms with Crippen molar-refractivity contribution in [1.29, 1.82) is 0 Å². The first-order valence-electron chi connectivity index (χ1n) is 10.0. The highest BCUT2D eigenvalue weighted by Crippen LogP contribution is 2.28. The molecule has 3 N–H and O–H groups in total. The van der Waals surface area contributed by atoms with Gasteiger partial charge in [-0.25, -0.2) is 18.5 Å². The van der Waals surface area contributed by atoms with E-state index in [0.717, 1.165) is 27.9 Å². The third-order valence-electron chi connectivity index (χ3n) is 5.36. The molecule has 0 aliphatic heterocycles. The summed E-state index contributed by atoms with van der Waals surface area (Å²) in [5.41, 5.74) is 6.07. The maximum absolute atomic E-state index is 11.5. The third kappa shape index (κ3) is 4.04. The molecule has 3 heterocycles. The number of benzene rings is 2. The van der Waals surface area contributed by atoms with Gasteiger partial charge in [0, 0.05) is 30.9 Å². The lowest BCUT2D eigenvalue weighted by atomic mass is 10.0. The van der Waals surface area contributed by atoms with Crippen LogP contribution in [0.3, 0.4) is 0 Å². The minimum absolute atomic E-state index is 0.295. The molecule has 0 saturated heterocycles. The molecule has 5 aromatic rings. The average Bonchev–Trinajstić information content (AvgIpc) is 3.36. The Morgan fingerprint density at radius 1 is 1.24 bits per heavy atom. The maximum atomic E-state index is 11.5. The second-order valence-electron chi connectivity index (χ2n) is 7.61. The van der Waals surface area contributed by atoms with Crippen LogP contribution in [0.4, 0.5) is 11.6 Å². The normalized spacial score (nSPS) is 12.6. The van der Waals surface area contributed by atoms with Crippen LogP contribution >= 0.6 is 0 Å². The number of oxazole rings is 1. The van der Waals surface area contributed by atoms with E-state index in [9.17, 15) is 13.6 Å². The summed E-state index contributed by atoms with van der Waals surface area (Å²) in [7, 11) is 1.58. The molecule has 1 unspecified atom stereocenters. The fourth-order valence-electron chi connectivity index (χ4n) is 3.73. The summed E-state index contributed by atoms with van der Waals surface area (Å²) in [6.07, 6.45) is 1.71. The van der Waals surface area contributed by atoms with Crippen LogP contribution in [0.1, 0.15) is 11.1 Å². The Balaban J connectivity index is 1.54. The van der Waals surface area contributed by atoms with Crippen molar-refractivity contribution in [2.45, 2.75) is 13.5 Å². The van der Waals surface area contributed by atoms with Gasteiger partial charge in [-0.05, 0) is 36.2 Å². The fourth-order valence-corrected chi connectivity index (χ4v) is 3.98. The number of rotatable bonds is 6. The van der Waals surface area contributed by atoms with Gasteiger partial charge in [0.25, 0.3) is 0 Å². The second kappa shape index (κ2) is 8.28. The van der Waals surface area contributed by atoms with E-state index in [1.165, 1.54) is 4.31 Å². The largest absolute Gasteiger partial charge is 0.417 e. The molecule has 0 aliphatic carbocycles. The molecule has 11 heteroatoms. The molecule has 0 spiro atoms. The third-order valence-corrected chi connectivity index (χ3v) is 6.03. The molecular weight excluding hydrogens is 444 g/mol. The van der Waals surface area contributed by atoms with Crippen LogP contribution in [0, 0.1) is 6.92 Å². The van der Waals surface area contributed by atoms with E-state index in [1.807, 2.05) is 49.4 Å². The highest BCUT2D eigenvalue weighted by atomic mass is 32.2. The van der Waals surface area contributed by atoms with Crippen LogP contribution < -0.4 is 11.1 Å². The second-order valence-corrected chi connectivity index (χ2v) is 8.70. The number of hydrogen-bond acceptors (Lipinski definition) is 6. The molecule has 0 aliphatic rings. The van der Waals surface area contributed by atoms with Crippen molar-refractivity contribution < 1.29 is 13.2 Å². The minimum Gasteiger partial charge on any atom is -0.408 e. The molecule has 1 atom stereocenters. The zero-order chi connectivity index (χ0) is 23.1. The van der Waals surface area contributed by atoms with E-state index in [1.54, 1.807) is 23.8 Å². The predicted octanol–water partition coefficient (Wildman–Crippen LogP) is 3.45. The van der Waals surface area contributed by atoms with Crippen LogP contribution in [0.5, 0.6) is 0 Å². The number of fused-ring (bicyclic) bond motifs is 2. The Morgan fingerprint density at radius 2 is 2.06 bits per heavy atom. The number of aryl methyl sites for hydroxylation is 1. The molecule has 0 amide bonds. The molecule has 3 aromatic heterocycles. The van der Waals surface area contributed by atoms with Gasteiger partial charge in [0.05, 0.1) is 22.9 Å². The highest BCUT2D eigenvalue weighted by Gasteiger charge is 2.15. The van der Waals surface area contributed by atoms with Crippen LogP contribution in [0.25, 0.3) is 27.9 Å². The Labute approximate surface area is 190 Å². The van der Waals surface area contributed by atoms with Crippen LogP contribution in [0.2, 0.25) is 0 Å². The van der Waals surface area contributed by atoms with Gasteiger partial charge in [0.1, 0.15) is 0 Å². The zero-order valence-corrected chi connectivity index (χ0v) is 18.6.